The number of unbranched alkanes of at least 4 members (excludes halogenated alkanes) is 1. The normalized spacial score (nSPS) is 11.7. The third-order valence-corrected chi connectivity index (χ3v) is 5.14. The van der Waals surface area contributed by atoms with Gasteiger partial charge in [0.15, 0.2) is 10.8 Å². The second-order valence-electron chi connectivity index (χ2n) is 8.08. The van der Waals surface area contributed by atoms with Crippen molar-refractivity contribution in [2.24, 2.45) is 0 Å². The zero-order valence-electron chi connectivity index (χ0n) is 20.6. The van der Waals surface area contributed by atoms with Gasteiger partial charge in [-0.3, -0.25) is 5.32 Å². The molecule has 1 unspecified atom stereocenters. The Balaban J connectivity index is 0.000000981. The van der Waals surface area contributed by atoms with Gasteiger partial charge in [0.2, 0.25) is 0 Å². The molecule has 0 saturated heterocycles. The minimum atomic E-state index is -1.19. The van der Waals surface area contributed by atoms with E-state index in [-0.39, 0.29) is 22.3 Å². The summed E-state index contributed by atoms with van der Waals surface area (Å²) in [5, 5.41) is 14.8. The van der Waals surface area contributed by atoms with Gasteiger partial charge < -0.3 is 19.3 Å². The molecule has 10 heteroatoms. The molecule has 0 saturated carbocycles. The van der Waals surface area contributed by atoms with Crippen LogP contribution in [0.4, 0.5) is 9.93 Å². The van der Waals surface area contributed by atoms with Gasteiger partial charge in [-0.2, -0.15) is 0 Å². The summed E-state index contributed by atoms with van der Waals surface area (Å²) in [6.07, 6.45) is 0.827. The molecule has 1 aromatic heterocycles. The van der Waals surface area contributed by atoms with E-state index in [0.717, 1.165) is 11.3 Å². The number of amides is 1. The number of aliphatic hydroxyl groups is 1. The fourth-order valence-electron chi connectivity index (χ4n) is 2.69. The molecule has 2 aromatic rings. The predicted molar refractivity (Wildman–Crippen MR) is 130 cm³/mol. The van der Waals surface area contributed by atoms with Gasteiger partial charge in [0.1, 0.15) is 17.5 Å². The first-order valence-corrected chi connectivity index (χ1v) is 11.9. The average molecular weight is 473 g/mol. The van der Waals surface area contributed by atoms with Crippen LogP contribution >= 0.6 is 11.3 Å². The summed E-state index contributed by atoms with van der Waals surface area (Å²) in [5.41, 5.74) is -0.301. The summed E-state index contributed by atoms with van der Waals surface area (Å²) in [4.78, 5) is 28.7. The topological polar surface area (TPSA) is 107 Å². The van der Waals surface area contributed by atoms with Crippen LogP contribution in [0, 0.1) is 0 Å². The van der Waals surface area contributed by atoms with Crippen molar-refractivity contribution in [3.8, 4) is 5.75 Å². The molecule has 0 aliphatic heterocycles. The van der Waals surface area contributed by atoms with E-state index < -0.39 is 23.8 Å². The van der Waals surface area contributed by atoms with Gasteiger partial charge in [0.05, 0.1) is 18.6 Å². The van der Waals surface area contributed by atoms with Crippen LogP contribution in [0.25, 0.3) is 0 Å². The average Bonchev–Trinajstić information content (AvgIpc) is 3.16. The third-order valence-electron chi connectivity index (χ3n) is 4.12. The zero-order chi connectivity index (χ0) is 25.0. The number of anilines is 1. The van der Waals surface area contributed by atoms with Crippen molar-refractivity contribution < 1.29 is 28.9 Å². The van der Waals surface area contributed by atoms with E-state index >= 15 is 0 Å². The molecule has 2 N–H and O–H groups in total. The number of hydrogen-bond acceptors (Lipinski definition) is 8. The Hall–Kier alpha value is -2.05. The Morgan fingerprint density at radius 3 is 2.42 bits per heavy atom. The summed E-state index contributed by atoms with van der Waals surface area (Å²) in [5.74, 6) is -0.236. The van der Waals surface area contributed by atoms with Crippen LogP contribution in [-0.4, -0.2) is 59.2 Å². The van der Waals surface area contributed by atoms with Gasteiger partial charge in [-0.05, 0) is 33.8 Å². The molecule has 33 heavy (non-hydrogen) atoms. The van der Waals surface area contributed by atoms with Gasteiger partial charge >= 0.3 is 54.6 Å². The summed E-state index contributed by atoms with van der Waals surface area (Å²) >= 11 is 3.17. The van der Waals surface area contributed by atoms with E-state index in [1.165, 1.54) is 25.0 Å². The molecule has 0 aliphatic rings. The molecular formula is C23H33LiN2O6S. The Labute approximate surface area is 209 Å². The number of carbonyl (C=O) groups excluding carboxylic acids is 2. The van der Waals surface area contributed by atoms with Crippen molar-refractivity contribution in [2.45, 2.75) is 64.3 Å². The molecule has 0 spiro atoms. The van der Waals surface area contributed by atoms with Crippen molar-refractivity contribution in [1.82, 2.24) is 4.98 Å². The monoisotopic (exact) mass is 472 g/mol. The van der Waals surface area contributed by atoms with Gasteiger partial charge in [-0.25, -0.2) is 14.6 Å². The number of rotatable bonds is 8. The van der Waals surface area contributed by atoms with Crippen LogP contribution < -0.4 is 10.1 Å². The van der Waals surface area contributed by atoms with E-state index in [2.05, 4.69) is 34.9 Å². The van der Waals surface area contributed by atoms with Crippen LogP contribution in [0.15, 0.2) is 24.3 Å². The van der Waals surface area contributed by atoms with Gasteiger partial charge in [-0.1, -0.05) is 29.5 Å². The first-order valence-electron chi connectivity index (χ1n) is 11.1. The van der Waals surface area contributed by atoms with Gasteiger partial charge in [-0.15, -0.1) is 0 Å². The van der Waals surface area contributed by atoms with Crippen LogP contribution in [0.2, 0.25) is 5.09 Å². The number of ether oxygens (including phenoxy) is 3. The first-order chi connectivity index (χ1) is 15.6. The molecule has 0 bridgehead atoms. The van der Waals surface area contributed by atoms with E-state index in [9.17, 15) is 14.7 Å². The molecule has 1 heterocycles. The predicted octanol–water partition coefficient (Wildman–Crippen LogP) is 5.13. The molecular weight excluding hydrogens is 439 g/mol. The SMILES string of the molecule is CCOC(=O)c1nc(NC(=O)OC(C)(C)C)sc1C(O)c1ccccc1OC.[Li][CH2]CCC. The molecule has 0 fully saturated rings. The van der Waals surface area contributed by atoms with Crippen molar-refractivity contribution in [2.75, 3.05) is 19.0 Å². The number of para-hydroxylation sites is 1. The number of thiazole rings is 1. The maximum absolute atomic E-state index is 12.3. The Morgan fingerprint density at radius 2 is 1.91 bits per heavy atom. The van der Waals surface area contributed by atoms with Crippen LogP contribution in [0.1, 0.15) is 74.5 Å². The van der Waals surface area contributed by atoms with E-state index in [0.29, 0.717) is 11.3 Å². The number of esters is 1. The minimum absolute atomic E-state index is 0.0729. The van der Waals surface area contributed by atoms with E-state index in [4.69, 9.17) is 14.2 Å². The number of aromatic nitrogens is 1. The van der Waals surface area contributed by atoms with E-state index in [1.54, 1.807) is 52.0 Å². The summed E-state index contributed by atoms with van der Waals surface area (Å²) in [6, 6.07) is 6.89. The number of benzene rings is 1. The number of methoxy groups -OCH3 is 1. The van der Waals surface area contributed by atoms with Crippen LogP contribution in [0.3, 0.4) is 0 Å². The third kappa shape index (κ3) is 9.76. The molecule has 178 valence electrons. The van der Waals surface area contributed by atoms with Crippen molar-refractivity contribution in [3.05, 3.63) is 40.4 Å². The number of nitrogens with zero attached hydrogens (tertiary/aromatic N) is 1. The quantitative estimate of drug-likeness (QED) is 0.405. The molecule has 1 atom stereocenters. The summed E-state index contributed by atoms with van der Waals surface area (Å²) in [7, 11) is 1.49. The number of carbonyl (C=O) groups is 2. The van der Waals surface area contributed by atoms with E-state index in [1.807, 2.05) is 0 Å². The zero-order valence-corrected chi connectivity index (χ0v) is 21.4. The Bertz CT molecular complexity index is 895. The maximum atomic E-state index is 12.3. The Morgan fingerprint density at radius 1 is 1.24 bits per heavy atom. The van der Waals surface area contributed by atoms with Crippen molar-refractivity contribution >= 4 is 46.2 Å². The molecule has 1 amide bonds. The Kier molecular flexibility index (Phi) is 12.5. The second kappa shape index (κ2) is 14.3. The van der Waals surface area contributed by atoms with Gasteiger partial charge in [0, 0.05) is 5.56 Å². The van der Waals surface area contributed by atoms with Crippen LogP contribution in [0.5, 0.6) is 5.75 Å². The fraction of sp³-hybridized carbons (Fsp3) is 0.522. The number of nitrogens with one attached hydrogen (secondary N) is 1. The number of hydrogen-bond donors (Lipinski definition) is 2. The van der Waals surface area contributed by atoms with Crippen molar-refractivity contribution in [1.29, 1.82) is 0 Å². The van der Waals surface area contributed by atoms with Gasteiger partial charge in [0.25, 0.3) is 0 Å². The molecule has 2 rings (SSSR count). The van der Waals surface area contributed by atoms with Crippen molar-refractivity contribution in [3.63, 3.8) is 0 Å². The summed E-state index contributed by atoms with van der Waals surface area (Å²) in [6.45, 7) is 9.22. The molecule has 1 aromatic carbocycles. The summed E-state index contributed by atoms with van der Waals surface area (Å²) < 4.78 is 15.5. The second-order valence-corrected chi connectivity index (χ2v) is 9.11. The first kappa shape index (κ1) is 29.0. The fourth-order valence-corrected chi connectivity index (χ4v) is 3.64. The van der Waals surface area contributed by atoms with Crippen LogP contribution in [-0.2, 0) is 9.47 Å². The molecule has 0 radical (unpaired) electrons. The molecule has 8 nitrogen and oxygen atoms in total. The number of aliphatic hydroxyl groups excluding tert-OH is 1. The molecule has 0 aliphatic carbocycles. The standard InChI is InChI=1S/C19H24N2O6S.C4H9.Li/c1-6-26-16(23)13-15(14(22)11-9-7-8-10-12(11)25-5)28-17(20-13)21-18(24)27-19(2,3)4;1-3-4-2;/h7-10,14,22H,6H2,1-5H3,(H,20,21,24);1,3-4H2,2H3;.